The number of halogens is 2. The molecule has 0 unspecified atom stereocenters. The van der Waals surface area contributed by atoms with Crippen LogP contribution in [0.15, 0.2) is 40.0 Å². The zero-order chi connectivity index (χ0) is 12.4. The minimum Gasteiger partial charge on any atom is -0.402 e. The average molecular weight is 313 g/mol. The summed E-state index contributed by atoms with van der Waals surface area (Å²) in [4.78, 5) is 0. The molecule has 3 heteroatoms. The average Bonchev–Trinajstić information content (AvgIpc) is 2.39. The molecule has 0 aliphatic heterocycles. The van der Waals surface area contributed by atoms with Crippen LogP contribution in [0.3, 0.4) is 0 Å². The van der Waals surface area contributed by atoms with E-state index in [1.165, 1.54) is 16.7 Å². The summed E-state index contributed by atoms with van der Waals surface area (Å²) in [6.45, 7) is 2.02. The maximum absolute atomic E-state index is 6.16. The van der Waals surface area contributed by atoms with Crippen LogP contribution in [0.4, 0.5) is 0 Å². The van der Waals surface area contributed by atoms with Gasteiger partial charge in [0.25, 0.3) is 0 Å². The highest BCUT2D eigenvalue weighted by Gasteiger charge is 2.13. The lowest BCUT2D eigenvalue weighted by Crippen LogP contribution is -2.03. The molecule has 1 aliphatic carbocycles. The number of aryl methyl sites for hydroxylation is 1. The van der Waals surface area contributed by atoms with Gasteiger partial charge in [-0.1, -0.05) is 33.6 Å². The normalized spacial score (nSPS) is 16.8. The van der Waals surface area contributed by atoms with E-state index in [2.05, 4.69) is 34.1 Å². The molecule has 0 amide bonds. The number of fused-ring (bicyclic) bond motifs is 1. The highest BCUT2D eigenvalue weighted by Crippen LogP contribution is 2.27. The summed E-state index contributed by atoms with van der Waals surface area (Å²) < 4.78 is 1.11. The van der Waals surface area contributed by atoms with E-state index in [9.17, 15) is 0 Å². The van der Waals surface area contributed by atoms with Crippen LogP contribution in [0.5, 0.6) is 0 Å². The van der Waals surface area contributed by atoms with E-state index in [0.717, 1.165) is 34.5 Å². The first-order chi connectivity index (χ1) is 8.06. The molecule has 17 heavy (non-hydrogen) atoms. The Morgan fingerprint density at radius 2 is 2.12 bits per heavy atom. The van der Waals surface area contributed by atoms with Crippen LogP contribution in [0.25, 0.3) is 0 Å². The molecule has 0 spiro atoms. The zero-order valence-electron chi connectivity index (χ0n) is 9.76. The second kappa shape index (κ2) is 5.28. The number of benzene rings is 1. The summed E-state index contributed by atoms with van der Waals surface area (Å²) in [5.74, 6) is 0. The minimum atomic E-state index is 0.804. The third-order valence-corrected chi connectivity index (χ3v) is 3.46. The number of allylic oxidation sites excluding steroid dienone is 4. The molecule has 0 fully saturated rings. The largest absolute Gasteiger partial charge is 0.402 e. The summed E-state index contributed by atoms with van der Waals surface area (Å²) in [6, 6.07) is 6.07. The summed E-state index contributed by atoms with van der Waals surface area (Å²) in [5, 5.41) is 0.804. The highest BCUT2D eigenvalue weighted by atomic mass is 79.9. The Bertz CT molecular complexity index is 499. The minimum absolute atomic E-state index is 0.804. The molecule has 0 saturated carbocycles. The summed E-state index contributed by atoms with van der Waals surface area (Å²) >= 11 is 9.48. The molecule has 1 nitrogen and oxygen atoms in total. The van der Waals surface area contributed by atoms with Gasteiger partial charge >= 0.3 is 0 Å². The Morgan fingerprint density at radius 3 is 2.82 bits per heavy atom. The number of rotatable bonds is 1. The van der Waals surface area contributed by atoms with E-state index in [-0.39, 0.29) is 0 Å². The van der Waals surface area contributed by atoms with Gasteiger partial charge in [-0.05, 0) is 59.2 Å². The molecule has 0 atom stereocenters. The van der Waals surface area contributed by atoms with Crippen LogP contribution >= 0.6 is 27.5 Å². The molecule has 2 N–H and O–H groups in total. The third-order valence-electron chi connectivity index (χ3n) is 3.00. The van der Waals surface area contributed by atoms with Crippen molar-refractivity contribution in [2.45, 2.75) is 26.2 Å². The summed E-state index contributed by atoms with van der Waals surface area (Å²) in [5.41, 5.74) is 11.0. The molecular formula is C14H15BrClN. The van der Waals surface area contributed by atoms with Crippen molar-refractivity contribution in [3.05, 3.63) is 56.2 Å². The monoisotopic (exact) mass is 311 g/mol. The van der Waals surface area contributed by atoms with Crippen LogP contribution in [0.1, 0.15) is 24.5 Å². The smallest absolute Gasteiger partial charge is 0.0408 e. The van der Waals surface area contributed by atoms with E-state index < -0.39 is 0 Å². The van der Waals surface area contributed by atoms with Crippen molar-refractivity contribution in [3.63, 3.8) is 0 Å². The maximum atomic E-state index is 6.16. The summed E-state index contributed by atoms with van der Waals surface area (Å²) in [6.07, 6.45) is 4.91. The van der Waals surface area contributed by atoms with Crippen LogP contribution in [0, 0.1) is 0 Å². The van der Waals surface area contributed by atoms with Crippen LogP contribution in [-0.4, -0.2) is 0 Å². The summed E-state index contributed by atoms with van der Waals surface area (Å²) in [7, 11) is 0. The second-order valence-corrected chi connectivity index (χ2v) is 6.06. The second-order valence-electron chi connectivity index (χ2n) is 4.37. The molecule has 90 valence electrons. The fourth-order valence-corrected chi connectivity index (χ4v) is 2.62. The number of nitrogens with two attached hydrogens (primary N) is 1. The lowest BCUT2D eigenvalue weighted by Gasteiger charge is -2.05. The Hall–Kier alpha value is -0.730. The molecule has 1 aliphatic rings. The highest BCUT2D eigenvalue weighted by molar-refractivity contribution is 9.11. The van der Waals surface area contributed by atoms with E-state index in [0.29, 0.717) is 0 Å². The Balaban J connectivity index is 2.35. The van der Waals surface area contributed by atoms with Crippen molar-refractivity contribution in [1.29, 1.82) is 0 Å². The van der Waals surface area contributed by atoms with Crippen molar-refractivity contribution in [1.82, 2.24) is 0 Å². The van der Waals surface area contributed by atoms with Gasteiger partial charge in [-0.2, -0.15) is 0 Å². The standard InChI is InChI=1S/C14H15BrClN/c1-9(15)6-12-3-2-10-7-13(16)5-4-11(10)8-14(12)17/h4-7H,2-3,8,17H2,1H3/b9-6+. The lowest BCUT2D eigenvalue weighted by molar-refractivity contribution is 0.961. The van der Waals surface area contributed by atoms with Gasteiger partial charge in [0.05, 0.1) is 0 Å². The van der Waals surface area contributed by atoms with Crippen LogP contribution in [0.2, 0.25) is 5.02 Å². The molecule has 0 bridgehead atoms. The van der Waals surface area contributed by atoms with Gasteiger partial charge in [0.1, 0.15) is 0 Å². The number of hydrogen-bond acceptors (Lipinski definition) is 1. The first-order valence-corrected chi connectivity index (χ1v) is 6.82. The van der Waals surface area contributed by atoms with Gasteiger partial charge in [0, 0.05) is 17.1 Å². The molecule has 0 saturated heterocycles. The van der Waals surface area contributed by atoms with Crippen molar-refractivity contribution in [2.24, 2.45) is 5.73 Å². The molecule has 0 heterocycles. The fourth-order valence-electron chi connectivity index (χ4n) is 2.15. The molecule has 1 aromatic rings. The molecule has 2 rings (SSSR count). The third kappa shape index (κ3) is 3.14. The Morgan fingerprint density at radius 1 is 1.35 bits per heavy atom. The van der Waals surface area contributed by atoms with Crippen LogP contribution in [-0.2, 0) is 12.8 Å². The Kier molecular flexibility index (Phi) is 3.95. The van der Waals surface area contributed by atoms with Crippen molar-refractivity contribution in [3.8, 4) is 0 Å². The van der Waals surface area contributed by atoms with Gasteiger partial charge in [0.2, 0.25) is 0 Å². The predicted molar refractivity (Wildman–Crippen MR) is 77.4 cm³/mol. The van der Waals surface area contributed by atoms with Crippen molar-refractivity contribution < 1.29 is 0 Å². The topological polar surface area (TPSA) is 26.0 Å². The predicted octanol–water partition coefficient (Wildman–Crippen LogP) is 4.34. The van der Waals surface area contributed by atoms with Gasteiger partial charge in [0.15, 0.2) is 0 Å². The lowest BCUT2D eigenvalue weighted by atomic mass is 10.0. The zero-order valence-corrected chi connectivity index (χ0v) is 12.1. The molecule has 0 radical (unpaired) electrons. The molecule has 0 aromatic heterocycles. The number of hydrogen-bond donors (Lipinski definition) is 1. The maximum Gasteiger partial charge on any atom is 0.0408 e. The first kappa shape index (κ1) is 12.7. The van der Waals surface area contributed by atoms with Crippen molar-refractivity contribution >= 4 is 27.5 Å². The van der Waals surface area contributed by atoms with Crippen molar-refractivity contribution in [2.75, 3.05) is 0 Å². The molecular weight excluding hydrogens is 298 g/mol. The SMILES string of the molecule is C/C(Br)=C\C1=C(N)Cc2ccc(Cl)cc2CC1. The Labute approximate surface area is 115 Å². The van der Waals surface area contributed by atoms with E-state index in [1.54, 1.807) is 0 Å². The van der Waals surface area contributed by atoms with E-state index in [1.807, 2.05) is 13.0 Å². The fraction of sp³-hybridized carbons (Fsp3) is 0.286. The van der Waals surface area contributed by atoms with Gasteiger partial charge in [-0.25, -0.2) is 0 Å². The van der Waals surface area contributed by atoms with E-state index >= 15 is 0 Å². The molecule has 1 aromatic carbocycles. The van der Waals surface area contributed by atoms with Gasteiger partial charge in [-0.15, -0.1) is 0 Å². The van der Waals surface area contributed by atoms with Crippen LogP contribution < -0.4 is 5.73 Å². The van der Waals surface area contributed by atoms with E-state index in [4.69, 9.17) is 17.3 Å². The first-order valence-electron chi connectivity index (χ1n) is 5.65. The quantitative estimate of drug-likeness (QED) is 0.820. The van der Waals surface area contributed by atoms with Gasteiger partial charge < -0.3 is 5.73 Å². The van der Waals surface area contributed by atoms with Gasteiger partial charge in [-0.3, -0.25) is 0 Å².